The van der Waals surface area contributed by atoms with Crippen molar-refractivity contribution in [1.82, 2.24) is 14.8 Å². The molecule has 0 aliphatic rings. The molecule has 1 N–H and O–H groups in total. The van der Waals surface area contributed by atoms with Crippen LogP contribution < -0.4 is 5.32 Å². The molecule has 2 amide bonds. The third-order valence-corrected chi connectivity index (χ3v) is 3.87. The lowest BCUT2D eigenvalue weighted by Crippen LogP contribution is -2.35. The first-order valence-corrected chi connectivity index (χ1v) is 8.82. The number of hydrogen-bond acceptors (Lipinski definition) is 4. The molecule has 0 spiro atoms. The summed E-state index contributed by atoms with van der Waals surface area (Å²) in [7, 11) is 3.97. The molecule has 6 nitrogen and oxygen atoms in total. The van der Waals surface area contributed by atoms with Gasteiger partial charge in [-0.15, -0.1) is 0 Å². The van der Waals surface area contributed by atoms with Gasteiger partial charge in [0.1, 0.15) is 0 Å². The number of anilines is 1. The van der Waals surface area contributed by atoms with Gasteiger partial charge in [-0.2, -0.15) is 0 Å². The van der Waals surface area contributed by atoms with Gasteiger partial charge in [0.05, 0.1) is 0 Å². The highest BCUT2D eigenvalue weighted by Gasteiger charge is 2.12. The van der Waals surface area contributed by atoms with Crippen molar-refractivity contribution in [1.29, 1.82) is 0 Å². The fourth-order valence-corrected chi connectivity index (χ4v) is 2.45. The second-order valence-electron chi connectivity index (χ2n) is 6.56. The smallest absolute Gasteiger partial charge is 0.246 e. The van der Waals surface area contributed by atoms with Crippen LogP contribution in [0.4, 0.5) is 5.69 Å². The Bertz CT molecular complexity index is 771. The van der Waals surface area contributed by atoms with Gasteiger partial charge < -0.3 is 15.1 Å². The van der Waals surface area contributed by atoms with E-state index >= 15 is 0 Å². The summed E-state index contributed by atoms with van der Waals surface area (Å²) in [6.07, 6.45) is 6.87. The van der Waals surface area contributed by atoms with Crippen molar-refractivity contribution in [2.45, 2.75) is 13.5 Å². The van der Waals surface area contributed by atoms with Crippen molar-refractivity contribution >= 4 is 23.6 Å². The van der Waals surface area contributed by atoms with E-state index in [1.807, 2.05) is 55.4 Å². The van der Waals surface area contributed by atoms with Gasteiger partial charge in [-0.3, -0.25) is 14.6 Å². The summed E-state index contributed by atoms with van der Waals surface area (Å²) < 4.78 is 0. The molecule has 0 fully saturated rings. The van der Waals surface area contributed by atoms with E-state index in [4.69, 9.17) is 0 Å². The minimum absolute atomic E-state index is 0.0494. The minimum atomic E-state index is -0.111. The van der Waals surface area contributed by atoms with Gasteiger partial charge in [-0.25, -0.2) is 0 Å². The van der Waals surface area contributed by atoms with Gasteiger partial charge in [-0.05, 0) is 49.5 Å². The molecular formula is C21H26N4O2. The topological polar surface area (TPSA) is 65.5 Å². The molecule has 0 saturated carbocycles. The Morgan fingerprint density at radius 1 is 1.11 bits per heavy atom. The summed E-state index contributed by atoms with van der Waals surface area (Å²) >= 11 is 0. The predicted octanol–water partition coefficient (Wildman–Crippen LogP) is 2.64. The maximum absolute atomic E-state index is 12.7. The highest BCUT2D eigenvalue weighted by atomic mass is 16.2. The maximum Gasteiger partial charge on any atom is 0.246 e. The summed E-state index contributed by atoms with van der Waals surface area (Å²) in [5.41, 5.74) is 2.62. The molecule has 0 aliphatic carbocycles. The lowest BCUT2D eigenvalue weighted by molar-refractivity contribution is -0.126. The fraction of sp³-hybridized carbons (Fsp3) is 0.286. The Morgan fingerprint density at radius 3 is 2.44 bits per heavy atom. The Labute approximate surface area is 160 Å². The van der Waals surface area contributed by atoms with Crippen molar-refractivity contribution in [2.24, 2.45) is 0 Å². The summed E-state index contributed by atoms with van der Waals surface area (Å²) in [5, 5.41) is 2.72. The largest absolute Gasteiger partial charge is 0.333 e. The number of aromatic nitrogens is 1. The van der Waals surface area contributed by atoms with Crippen molar-refractivity contribution in [3.63, 3.8) is 0 Å². The zero-order valence-electron chi connectivity index (χ0n) is 16.1. The number of nitrogens with zero attached hydrogens (tertiary/aromatic N) is 3. The van der Waals surface area contributed by atoms with Crippen molar-refractivity contribution in [3.05, 3.63) is 66.0 Å². The SMILES string of the molecule is CC(=O)Nc1ccc(C=CC(=O)N(CCN(C)C)Cc2cccnc2)cc1. The first-order valence-electron chi connectivity index (χ1n) is 8.82. The zero-order valence-corrected chi connectivity index (χ0v) is 16.1. The third-order valence-electron chi connectivity index (χ3n) is 3.87. The average Bonchev–Trinajstić information content (AvgIpc) is 2.64. The number of likely N-dealkylation sites (N-methyl/N-ethyl adjacent to an activating group) is 1. The molecule has 0 radical (unpaired) electrons. The first kappa shape index (κ1) is 20.3. The van der Waals surface area contributed by atoms with Crippen LogP contribution in [0.1, 0.15) is 18.1 Å². The number of nitrogens with one attached hydrogen (secondary N) is 1. The molecule has 0 aliphatic heterocycles. The van der Waals surface area contributed by atoms with Crippen LogP contribution in [0.5, 0.6) is 0 Å². The molecule has 1 aromatic carbocycles. The van der Waals surface area contributed by atoms with Crippen LogP contribution in [-0.2, 0) is 16.1 Å². The van der Waals surface area contributed by atoms with Crippen LogP contribution in [0, 0.1) is 0 Å². The fourth-order valence-electron chi connectivity index (χ4n) is 2.45. The van der Waals surface area contributed by atoms with E-state index in [-0.39, 0.29) is 11.8 Å². The number of amides is 2. The summed E-state index contributed by atoms with van der Waals surface area (Å²) in [6, 6.07) is 11.2. The molecule has 1 heterocycles. The Morgan fingerprint density at radius 2 is 1.85 bits per heavy atom. The Balaban J connectivity index is 2.04. The summed E-state index contributed by atoms with van der Waals surface area (Å²) in [5.74, 6) is -0.160. The first-order chi connectivity index (χ1) is 12.9. The highest BCUT2D eigenvalue weighted by Crippen LogP contribution is 2.11. The summed E-state index contributed by atoms with van der Waals surface area (Å²) in [6.45, 7) is 3.40. The maximum atomic E-state index is 12.7. The average molecular weight is 366 g/mol. The number of hydrogen-bond donors (Lipinski definition) is 1. The van der Waals surface area contributed by atoms with Crippen LogP contribution in [0.25, 0.3) is 6.08 Å². The lowest BCUT2D eigenvalue weighted by atomic mass is 10.2. The quantitative estimate of drug-likeness (QED) is 0.730. The van der Waals surface area contributed by atoms with Crippen LogP contribution >= 0.6 is 0 Å². The van der Waals surface area contributed by atoms with Crippen LogP contribution in [0.3, 0.4) is 0 Å². The van der Waals surface area contributed by atoms with Gasteiger partial charge in [-0.1, -0.05) is 18.2 Å². The zero-order chi connectivity index (χ0) is 19.6. The monoisotopic (exact) mass is 366 g/mol. The van der Waals surface area contributed by atoms with E-state index in [0.717, 1.165) is 23.4 Å². The molecule has 0 atom stereocenters. The van der Waals surface area contributed by atoms with Crippen molar-refractivity contribution in [2.75, 3.05) is 32.5 Å². The van der Waals surface area contributed by atoms with Crippen LogP contribution in [-0.4, -0.2) is 53.8 Å². The van der Waals surface area contributed by atoms with E-state index in [9.17, 15) is 9.59 Å². The van der Waals surface area contributed by atoms with E-state index in [2.05, 4.69) is 10.3 Å². The number of carbonyl (C=O) groups excluding carboxylic acids is 2. The molecule has 0 unspecified atom stereocenters. The van der Waals surface area contributed by atoms with Crippen molar-refractivity contribution in [3.8, 4) is 0 Å². The molecule has 27 heavy (non-hydrogen) atoms. The van der Waals surface area contributed by atoms with Gasteiger partial charge in [0.15, 0.2) is 0 Å². The normalized spacial score (nSPS) is 11.0. The van der Waals surface area contributed by atoms with Crippen LogP contribution in [0.2, 0.25) is 0 Å². The molecule has 0 bridgehead atoms. The standard InChI is InChI=1S/C21H26N4O2/c1-17(26)23-20-9-6-18(7-10-20)8-11-21(27)25(14-13-24(2)3)16-19-5-4-12-22-15-19/h4-12,15H,13-14,16H2,1-3H3,(H,23,26). The lowest BCUT2D eigenvalue weighted by Gasteiger charge is -2.23. The number of benzene rings is 1. The molecule has 6 heteroatoms. The molecule has 0 saturated heterocycles. The molecule has 2 aromatic rings. The van der Waals surface area contributed by atoms with Gasteiger partial charge in [0, 0.05) is 50.7 Å². The number of pyridine rings is 1. The van der Waals surface area contributed by atoms with Crippen LogP contribution in [0.15, 0.2) is 54.9 Å². The Kier molecular flexibility index (Phi) is 7.70. The van der Waals surface area contributed by atoms with E-state index in [0.29, 0.717) is 13.1 Å². The Hall–Kier alpha value is -2.99. The number of rotatable bonds is 8. The second kappa shape index (κ2) is 10.2. The summed E-state index contributed by atoms with van der Waals surface area (Å²) in [4.78, 5) is 31.7. The second-order valence-corrected chi connectivity index (χ2v) is 6.56. The minimum Gasteiger partial charge on any atom is -0.333 e. The highest BCUT2D eigenvalue weighted by molar-refractivity contribution is 5.92. The van der Waals surface area contributed by atoms with Gasteiger partial charge in [0.2, 0.25) is 11.8 Å². The third kappa shape index (κ3) is 7.42. The number of carbonyl (C=O) groups is 2. The molecule has 1 aromatic heterocycles. The van der Waals surface area contributed by atoms with Gasteiger partial charge in [0.25, 0.3) is 0 Å². The van der Waals surface area contributed by atoms with Crippen molar-refractivity contribution < 1.29 is 9.59 Å². The van der Waals surface area contributed by atoms with E-state index in [1.165, 1.54) is 6.92 Å². The van der Waals surface area contributed by atoms with Gasteiger partial charge >= 0.3 is 0 Å². The predicted molar refractivity (Wildman–Crippen MR) is 108 cm³/mol. The van der Waals surface area contributed by atoms with E-state index < -0.39 is 0 Å². The molecule has 2 rings (SSSR count). The molecular weight excluding hydrogens is 340 g/mol. The van der Waals surface area contributed by atoms with E-state index in [1.54, 1.807) is 29.4 Å². The molecule has 142 valence electrons.